The fraction of sp³-hybridized carbons (Fsp3) is 0.273. The van der Waals surface area contributed by atoms with Crippen molar-refractivity contribution in [2.45, 2.75) is 26.8 Å². The van der Waals surface area contributed by atoms with Crippen LogP contribution in [0.2, 0.25) is 0 Å². The first-order chi connectivity index (χ1) is 13.2. The van der Waals surface area contributed by atoms with Gasteiger partial charge in [-0.1, -0.05) is 30.7 Å². The molecule has 2 N–H and O–H groups in total. The van der Waals surface area contributed by atoms with Gasteiger partial charge in [0.15, 0.2) is 0 Å². The normalized spacial score (nSPS) is 10.8. The lowest BCUT2D eigenvalue weighted by Crippen LogP contribution is -2.21. The molecule has 2 aromatic rings. The van der Waals surface area contributed by atoms with Gasteiger partial charge in [0.1, 0.15) is 5.75 Å². The highest BCUT2D eigenvalue weighted by atomic mass is 19.4. The van der Waals surface area contributed by atoms with Crippen molar-refractivity contribution in [2.75, 3.05) is 18.5 Å². The van der Waals surface area contributed by atoms with Crippen molar-refractivity contribution in [1.82, 2.24) is 0 Å². The smallest absolute Gasteiger partial charge is 0.406 e. The third kappa shape index (κ3) is 4.87. The summed E-state index contributed by atoms with van der Waals surface area (Å²) in [6.45, 7) is 8.50. The zero-order valence-corrected chi connectivity index (χ0v) is 16.2. The molecule has 0 fully saturated rings. The lowest BCUT2D eigenvalue weighted by Gasteiger charge is -2.26. The molecule has 2 rings (SSSR count). The number of hydrogen-bond donors (Lipinski definition) is 1. The third-order valence-electron chi connectivity index (χ3n) is 4.38. The van der Waals surface area contributed by atoms with Crippen LogP contribution in [0.1, 0.15) is 23.6 Å². The predicted octanol–water partition coefficient (Wildman–Crippen LogP) is 5.12. The Morgan fingerprint density at radius 2 is 1.89 bits per heavy atom. The van der Waals surface area contributed by atoms with E-state index in [2.05, 4.69) is 23.2 Å². The first kappa shape index (κ1) is 21.4. The second-order valence-electron chi connectivity index (χ2n) is 6.23. The van der Waals surface area contributed by atoms with Gasteiger partial charge >= 0.3 is 6.36 Å². The molecule has 0 saturated heterocycles. The van der Waals surface area contributed by atoms with E-state index in [-0.39, 0.29) is 5.75 Å². The molecule has 3 nitrogen and oxygen atoms in total. The van der Waals surface area contributed by atoms with E-state index in [9.17, 15) is 13.2 Å². The lowest BCUT2D eigenvalue weighted by molar-refractivity contribution is -0.274. The minimum Gasteiger partial charge on any atom is -0.406 e. The van der Waals surface area contributed by atoms with Gasteiger partial charge in [-0.25, -0.2) is 0 Å². The van der Waals surface area contributed by atoms with Crippen LogP contribution in [0, 0.1) is 18.8 Å². The summed E-state index contributed by atoms with van der Waals surface area (Å²) in [7, 11) is 1.93. The average molecular weight is 388 g/mol. The molecular weight excluding hydrogens is 365 g/mol. The Hall–Kier alpha value is -2.91. The largest absolute Gasteiger partial charge is 0.573 e. The van der Waals surface area contributed by atoms with Crippen LogP contribution in [0.25, 0.3) is 17.2 Å². The SMILES string of the molecule is C=Cc1c(CN)cc(-c2ccc(OC(F)(F)F)cc2)c(C)c1N(C)CC#CC. The molecule has 0 aliphatic rings. The number of nitrogens with zero attached hydrogens (tertiary/aromatic N) is 1. The molecule has 0 unspecified atom stereocenters. The molecule has 0 amide bonds. The fourth-order valence-electron chi connectivity index (χ4n) is 3.14. The van der Waals surface area contributed by atoms with Gasteiger partial charge in [-0.2, -0.15) is 0 Å². The number of alkyl halides is 3. The number of nitrogens with two attached hydrogens (primary N) is 1. The van der Waals surface area contributed by atoms with Crippen LogP contribution in [-0.2, 0) is 6.54 Å². The highest BCUT2D eigenvalue weighted by Gasteiger charge is 2.31. The number of rotatable bonds is 6. The van der Waals surface area contributed by atoms with Crippen molar-refractivity contribution in [3.05, 3.63) is 53.6 Å². The van der Waals surface area contributed by atoms with Gasteiger partial charge in [0, 0.05) is 24.8 Å². The molecule has 0 saturated carbocycles. The van der Waals surface area contributed by atoms with E-state index in [1.165, 1.54) is 12.1 Å². The van der Waals surface area contributed by atoms with Crippen molar-refractivity contribution < 1.29 is 17.9 Å². The van der Waals surface area contributed by atoms with Crippen molar-refractivity contribution in [2.24, 2.45) is 5.73 Å². The van der Waals surface area contributed by atoms with E-state index in [4.69, 9.17) is 5.73 Å². The highest BCUT2D eigenvalue weighted by molar-refractivity contribution is 5.83. The third-order valence-corrected chi connectivity index (χ3v) is 4.38. The van der Waals surface area contributed by atoms with Crippen molar-refractivity contribution >= 4 is 11.8 Å². The van der Waals surface area contributed by atoms with Crippen LogP contribution >= 0.6 is 0 Å². The molecule has 0 heterocycles. The molecule has 148 valence electrons. The second-order valence-corrected chi connectivity index (χ2v) is 6.23. The van der Waals surface area contributed by atoms with Gasteiger partial charge in [0.05, 0.1) is 6.54 Å². The Labute approximate surface area is 163 Å². The zero-order chi connectivity index (χ0) is 20.9. The fourth-order valence-corrected chi connectivity index (χ4v) is 3.14. The monoisotopic (exact) mass is 388 g/mol. The van der Waals surface area contributed by atoms with Crippen molar-refractivity contribution in [3.8, 4) is 28.7 Å². The molecule has 0 aliphatic carbocycles. The van der Waals surface area contributed by atoms with Crippen molar-refractivity contribution in [3.63, 3.8) is 0 Å². The number of halogens is 3. The Balaban J connectivity index is 2.57. The Morgan fingerprint density at radius 3 is 2.39 bits per heavy atom. The molecule has 0 bridgehead atoms. The number of benzene rings is 2. The number of hydrogen-bond acceptors (Lipinski definition) is 3. The molecule has 28 heavy (non-hydrogen) atoms. The topological polar surface area (TPSA) is 38.5 Å². The van der Waals surface area contributed by atoms with Gasteiger partial charge in [0.25, 0.3) is 0 Å². The summed E-state index contributed by atoms with van der Waals surface area (Å²) in [4.78, 5) is 2.02. The summed E-state index contributed by atoms with van der Waals surface area (Å²) < 4.78 is 41.1. The summed E-state index contributed by atoms with van der Waals surface area (Å²) in [5.74, 6) is 5.66. The van der Waals surface area contributed by atoms with Gasteiger partial charge in [-0.05, 0) is 54.3 Å². The van der Waals surface area contributed by atoms with E-state index >= 15 is 0 Å². The second kappa shape index (κ2) is 8.85. The van der Waals surface area contributed by atoms with Crippen LogP contribution in [-0.4, -0.2) is 20.0 Å². The van der Waals surface area contributed by atoms with Crippen LogP contribution < -0.4 is 15.4 Å². The van der Waals surface area contributed by atoms with E-state index in [1.807, 2.05) is 24.9 Å². The molecule has 0 aromatic heterocycles. The predicted molar refractivity (Wildman–Crippen MR) is 108 cm³/mol. The summed E-state index contributed by atoms with van der Waals surface area (Å²) in [6.07, 6.45) is -2.95. The minimum atomic E-state index is -4.72. The maximum atomic E-state index is 12.4. The summed E-state index contributed by atoms with van der Waals surface area (Å²) in [5, 5.41) is 0. The molecular formula is C22H23F3N2O. The Kier molecular flexibility index (Phi) is 6.76. The Morgan fingerprint density at radius 1 is 1.25 bits per heavy atom. The first-order valence-corrected chi connectivity index (χ1v) is 8.67. The van der Waals surface area contributed by atoms with E-state index in [0.29, 0.717) is 13.1 Å². The van der Waals surface area contributed by atoms with Gasteiger partial charge in [-0.15, -0.1) is 19.1 Å². The van der Waals surface area contributed by atoms with Crippen LogP contribution in [0.3, 0.4) is 0 Å². The first-order valence-electron chi connectivity index (χ1n) is 8.67. The molecule has 0 atom stereocenters. The summed E-state index contributed by atoms with van der Waals surface area (Å²) in [5.41, 5.74) is 11.4. The molecule has 0 radical (unpaired) electrons. The number of ether oxygens (including phenoxy) is 1. The maximum Gasteiger partial charge on any atom is 0.573 e. The van der Waals surface area contributed by atoms with E-state index < -0.39 is 6.36 Å². The molecule has 6 heteroatoms. The number of anilines is 1. The quantitative estimate of drug-likeness (QED) is 0.698. The lowest BCUT2D eigenvalue weighted by atomic mass is 9.91. The van der Waals surface area contributed by atoms with Gasteiger partial charge < -0.3 is 15.4 Å². The van der Waals surface area contributed by atoms with Crippen LogP contribution in [0.4, 0.5) is 18.9 Å². The molecule has 0 spiro atoms. The van der Waals surface area contributed by atoms with Crippen LogP contribution in [0.5, 0.6) is 5.75 Å². The molecule has 2 aromatic carbocycles. The van der Waals surface area contributed by atoms with E-state index in [0.717, 1.165) is 33.5 Å². The standard InChI is InChI=1S/C22H23F3N2O/c1-5-7-12-27(4)21-15(3)20(13-17(14-26)19(21)6-2)16-8-10-18(11-9-16)28-22(23,24)25/h6,8-11,13H,2,12,14,26H2,1,3-4H3. The summed E-state index contributed by atoms with van der Waals surface area (Å²) >= 11 is 0. The summed E-state index contributed by atoms with van der Waals surface area (Å²) in [6, 6.07) is 7.77. The van der Waals surface area contributed by atoms with Gasteiger partial charge in [0.2, 0.25) is 0 Å². The van der Waals surface area contributed by atoms with E-state index in [1.54, 1.807) is 25.1 Å². The maximum absolute atomic E-state index is 12.4. The van der Waals surface area contributed by atoms with Crippen molar-refractivity contribution in [1.29, 1.82) is 0 Å². The van der Waals surface area contributed by atoms with Gasteiger partial charge in [-0.3, -0.25) is 0 Å². The zero-order valence-electron chi connectivity index (χ0n) is 16.2. The Bertz CT molecular complexity index is 907. The average Bonchev–Trinajstić information content (AvgIpc) is 2.65. The van der Waals surface area contributed by atoms with Crippen LogP contribution in [0.15, 0.2) is 36.9 Å². The highest BCUT2D eigenvalue weighted by Crippen LogP contribution is 2.37. The molecule has 0 aliphatic heterocycles. The minimum absolute atomic E-state index is 0.258.